The molecular formula is C14H24N4O. The number of nitrogens with one attached hydrogen (secondary N) is 1. The SMILES string of the molecule is Cc1ccn(C2CCCC(NC(C)C)(C(N)=O)C2)n1. The van der Waals surface area contributed by atoms with E-state index in [1.165, 1.54) is 0 Å². The number of rotatable bonds is 4. The van der Waals surface area contributed by atoms with Gasteiger partial charge >= 0.3 is 0 Å². The number of aromatic nitrogens is 2. The first-order chi connectivity index (χ1) is 8.93. The van der Waals surface area contributed by atoms with Crippen LogP contribution >= 0.6 is 0 Å². The second-order valence-electron chi connectivity index (χ2n) is 5.93. The average molecular weight is 264 g/mol. The second-order valence-corrected chi connectivity index (χ2v) is 5.93. The second kappa shape index (κ2) is 5.33. The minimum atomic E-state index is -0.586. The molecule has 1 saturated carbocycles. The number of hydrogen-bond acceptors (Lipinski definition) is 3. The summed E-state index contributed by atoms with van der Waals surface area (Å²) in [6, 6.07) is 2.49. The molecule has 1 aliphatic rings. The van der Waals surface area contributed by atoms with E-state index in [9.17, 15) is 4.79 Å². The summed E-state index contributed by atoms with van der Waals surface area (Å²) in [5.41, 5.74) is 6.09. The van der Waals surface area contributed by atoms with Gasteiger partial charge in [0.15, 0.2) is 0 Å². The molecule has 1 amide bonds. The van der Waals surface area contributed by atoms with Crippen molar-refractivity contribution in [2.24, 2.45) is 5.73 Å². The van der Waals surface area contributed by atoms with Gasteiger partial charge in [-0.1, -0.05) is 0 Å². The number of aryl methyl sites for hydroxylation is 1. The number of amides is 1. The van der Waals surface area contributed by atoms with Crippen molar-refractivity contribution >= 4 is 5.91 Å². The molecule has 0 aliphatic heterocycles. The number of nitrogens with zero attached hydrogens (tertiary/aromatic N) is 2. The summed E-state index contributed by atoms with van der Waals surface area (Å²) in [5, 5.41) is 7.86. The molecule has 5 nitrogen and oxygen atoms in total. The van der Waals surface area contributed by atoms with Crippen molar-refractivity contribution in [2.45, 2.75) is 64.1 Å². The standard InChI is InChI=1S/C14H24N4O/c1-10(2)16-14(13(15)19)7-4-5-12(9-14)18-8-6-11(3)17-18/h6,8,10,12,16H,4-5,7,9H2,1-3H3,(H2,15,19). The van der Waals surface area contributed by atoms with Crippen LogP contribution in [0.3, 0.4) is 0 Å². The molecule has 5 heteroatoms. The molecule has 0 radical (unpaired) electrons. The zero-order valence-electron chi connectivity index (χ0n) is 12.0. The molecule has 1 aromatic heterocycles. The zero-order valence-corrected chi connectivity index (χ0v) is 12.0. The van der Waals surface area contributed by atoms with Crippen LogP contribution in [0, 0.1) is 6.92 Å². The van der Waals surface area contributed by atoms with Gasteiger partial charge < -0.3 is 11.1 Å². The van der Waals surface area contributed by atoms with Crippen LogP contribution < -0.4 is 11.1 Å². The van der Waals surface area contributed by atoms with E-state index in [1.807, 2.05) is 37.7 Å². The van der Waals surface area contributed by atoms with E-state index in [1.54, 1.807) is 0 Å². The number of hydrogen-bond donors (Lipinski definition) is 2. The van der Waals surface area contributed by atoms with Gasteiger partial charge in [-0.05, 0) is 52.5 Å². The number of carbonyl (C=O) groups is 1. The van der Waals surface area contributed by atoms with Crippen molar-refractivity contribution in [3.05, 3.63) is 18.0 Å². The fraction of sp³-hybridized carbons (Fsp3) is 0.714. The summed E-state index contributed by atoms with van der Waals surface area (Å²) in [6.45, 7) is 6.08. The Balaban J connectivity index is 2.20. The van der Waals surface area contributed by atoms with Gasteiger partial charge in [0.1, 0.15) is 0 Å². The predicted octanol–water partition coefficient (Wildman–Crippen LogP) is 1.53. The third-order valence-corrected chi connectivity index (χ3v) is 3.88. The summed E-state index contributed by atoms with van der Waals surface area (Å²) >= 11 is 0. The fourth-order valence-electron chi connectivity index (χ4n) is 3.09. The summed E-state index contributed by atoms with van der Waals surface area (Å²) in [4.78, 5) is 11.9. The molecule has 0 saturated heterocycles. The molecule has 19 heavy (non-hydrogen) atoms. The topological polar surface area (TPSA) is 72.9 Å². The smallest absolute Gasteiger partial charge is 0.237 e. The molecule has 1 aromatic rings. The first-order valence-electron chi connectivity index (χ1n) is 7.02. The van der Waals surface area contributed by atoms with Crippen molar-refractivity contribution in [2.75, 3.05) is 0 Å². The van der Waals surface area contributed by atoms with Crippen LogP contribution in [0.1, 0.15) is 51.3 Å². The van der Waals surface area contributed by atoms with Crippen LogP contribution in [0.4, 0.5) is 0 Å². The molecule has 0 spiro atoms. The Hall–Kier alpha value is -1.36. The van der Waals surface area contributed by atoms with E-state index in [0.717, 1.165) is 31.4 Å². The first kappa shape index (κ1) is 14.1. The molecular weight excluding hydrogens is 240 g/mol. The molecule has 0 bridgehead atoms. The van der Waals surface area contributed by atoms with Crippen molar-refractivity contribution < 1.29 is 4.79 Å². The van der Waals surface area contributed by atoms with Gasteiger partial charge in [-0.2, -0.15) is 5.10 Å². The van der Waals surface area contributed by atoms with E-state index < -0.39 is 5.54 Å². The van der Waals surface area contributed by atoms with Crippen molar-refractivity contribution in [3.8, 4) is 0 Å². The Morgan fingerprint density at radius 2 is 2.37 bits per heavy atom. The third-order valence-electron chi connectivity index (χ3n) is 3.88. The predicted molar refractivity (Wildman–Crippen MR) is 74.7 cm³/mol. The third kappa shape index (κ3) is 2.97. The van der Waals surface area contributed by atoms with Crippen LogP contribution in [0.2, 0.25) is 0 Å². The van der Waals surface area contributed by atoms with Gasteiger partial charge in [0.05, 0.1) is 17.3 Å². The highest BCUT2D eigenvalue weighted by Gasteiger charge is 2.42. The normalized spacial score (nSPS) is 27.7. The monoisotopic (exact) mass is 264 g/mol. The highest BCUT2D eigenvalue weighted by atomic mass is 16.1. The van der Waals surface area contributed by atoms with Crippen molar-refractivity contribution in [1.29, 1.82) is 0 Å². The average Bonchev–Trinajstić information content (AvgIpc) is 2.75. The maximum atomic E-state index is 11.9. The number of nitrogens with two attached hydrogens (primary N) is 1. The summed E-state index contributed by atoms with van der Waals surface area (Å²) in [5.74, 6) is -0.241. The van der Waals surface area contributed by atoms with E-state index in [4.69, 9.17) is 5.73 Å². The lowest BCUT2D eigenvalue weighted by Crippen LogP contribution is -2.59. The lowest BCUT2D eigenvalue weighted by Gasteiger charge is -2.40. The van der Waals surface area contributed by atoms with Crippen molar-refractivity contribution in [1.82, 2.24) is 15.1 Å². The Labute approximate surface area is 114 Å². The van der Waals surface area contributed by atoms with Crippen LogP contribution in [0.5, 0.6) is 0 Å². The molecule has 106 valence electrons. The van der Waals surface area contributed by atoms with E-state index in [0.29, 0.717) is 0 Å². The molecule has 3 N–H and O–H groups in total. The lowest BCUT2D eigenvalue weighted by atomic mass is 9.78. The maximum absolute atomic E-state index is 11.9. The minimum Gasteiger partial charge on any atom is -0.368 e. The van der Waals surface area contributed by atoms with Gasteiger partial charge in [-0.15, -0.1) is 0 Å². The number of carbonyl (C=O) groups excluding carboxylic acids is 1. The van der Waals surface area contributed by atoms with Crippen LogP contribution in [-0.2, 0) is 4.79 Å². The summed E-state index contributed by atoms with van der Waals surface area (Å²) < 4.78 is 1.98. The van der Waals surface area contributed by atoms with E-state index in [-0.39, 0.29) is 18.0 Å². The molecule has 1 aliphatic carbocycles. The lowest BCUT2D eigenvalue weighted by molar-refractivity contribution is -0.126. The Bertz CT molecular complexity index is 454. The zero-order chi connectivity index (χ0) is 14.0. The largest absolute Gasteiger partial charge is 0.368 e. The highest BCUT2D eigenvalue weighted by Crippen LogP contribution is 2.35. The van der Waals surface area contributed by atoms with E-state index >= 15 is 0 Å². The first-order valence-corrected chi connectivity index (χ1v) is 7.02. The van der Waals surface area contributed by atoms with Crippen molar-refractivity contribution in [3.63, 3.8) is 0 Å². The molecule has 2 rings (SSSR count). The van der Waals surface area contributed by atoms with Gasteiger partial charge in [-0.3, -0.25) is 9.48 Å². The highest BCUT2D eigenvalue weighted by molar-refractivity contribution is 5.84. The maximum Gasteiger partial charge on any atom is 0.237 e. The molecule has 1 heterocycles. The van der Waals surface area contributed by atoms with Gasteiger partial charge in [0.2, 0.25) is 5.91 Å². The van der Waals surface area contributed by atoms with E-state index in [2.05, 4.69) is 10.4 Å². The molecule has 1 fully saturated rings. The fourth-order valence-corrected chi connectivity index (χ4v) is 3.09. The van der Waals surface area contributed by atoms with Crippen LogP contribution in [0.25, 0.3) is 0 Å². The van der Waals surface area contributed by atoms with Gasteiger partial charge in [0, 0.05) is 12.2 Å². The summed E-state index contributed by atoms with van der Waals surface area (Å²) in [7, 11) is 0. The Morgan fingerprint density at radius 1 is 1.63 bits per heavy atom. The summed E-state index contributed by atoms with van der Waals surface area (Å²) in [6.07, 6.45) is 5.58. The number of primary amides is 1. The molecule has 0 aromatic carbocycles. The quantitative estimate of drug-likeness (QED) is 0.866. The minimum absolute atomic E-state index is 0.241. The molecule has 2 atom stereocenters. The van der Waals surface area contributed by atoms with Gasteiger partial charge in [0.25, 0.3) is 0 Å². The van der Waals surface area contributed by atoms with Gasteiger partial charge in [-0.25, -0.2) is 0 Å². The Morgan fingerprint density at radius 3 is 2.89 bits per heavy atom. The van der Waals surface area contributed by atoms with Crippen LogP contribution in [0.15, 0.2) is 12.3 Å². The Kier molecular flexibility index (Phi) is 3.94. The molecule has 2 unspecified atom stereocenters. The van der Waals surface area contributed by atoms with Crippen LogP contribution in [-0.4, -0.2) is 27.3 Å².